The molecule has 0 saturated carbocycles. The Morgan fingerprint density at radius 3 is 2.26 bits per heavy atom. The third-order valence-electron chi connectivity index (χ3n) is 3.65. The first-order valence-electron chi connectivity index (χ1n) is 7.35. The Morgan fingerprint density at radius 1 is 1.00 bits per heavy atom. The summed E-state index contributed by atoms with van der Waals surface area (Å²) in [6.45, 7) is 5.34. The molecule has 1 atom stereocenters. The molecule has 3 N–H and O–H groups in total. The summed E-state index contributed by atoms with van der Waals surface area (Å²) in [5, 5.41) is 14.6. The van der Waals surface area contributed by atoms with Crippen molar-refractivity contribution in [2.75, 3.05) is 10.6 Å². The first kappa shape index (κ1) is 16.7. The minimum absolute atomic E-state index is 0.216. The van der Waals surface area contributed by atoms with Crippen LogP contribution in [0.25, 0.3) is 0 Å². The first-order valence-corrected chi connectivity index (χ1v) is 7.35. The number of hydrogen-bond acceptors (Lipinski definition) is 3. The van der Waals surface area contributed by atoms with Crippen molar-refractivity contribution in [3.63, 3.8) is 0 Å². The predicted octanol–water partition coefficient (Wildman–Crippen LogP) is 2.88. The molecular weight excluding hydrogens is 292 g/mol. The van der Waals surface area contributed by atoms with Crippen LogP contribution in [-0.2, 0) is 4.79 Å². The number of rotatable bonds is 4. The van der Waals surface area contributed by atoms with E-state index in [2.05, 4.69) is 10.6 Å². The SMILES string of the molecule is Cc1cccc(NC(=O)c2ccc(NC(=O)C(C)O)cc2)c1C. The highest BCUT2D eigenvalue weighted by Crippen LogP contribution is 2.19. The molecule has 5 heteroatoms. The molecule has 1 unspecified atom stereocenters. The summed E-state index contributed by atoms with van der Waals surface area (Å²) in [6.07, 6.45) is -1.08. The molecule has 0 aliphatic heterocycles. The number of hydrogen-bond donors (Lipinski definition) is 3. The van der Waals surface area contributed by atoms with E-state index < -0.39 is 12.0 Å². The number of benzene rings is 2. The molecular formula is C18H20N2O3. The van der Waals surface area contributed by atoms with E-state index >= 15 is 0 Å². The van der Waals surface area contributed by atoms with Crippen LogP contribution in [0.3, 0.4) is 0 Å². The third-order valence-corrected chi connectivity index (χ3v) is 3.65. The van der Waals surface area contributed by atoms with Crippen LogP contribution in [0.4, 0.5) is 11.4 Å². The average Bonchev–Trinajstić information content (AvgIpc) is 2.52. The molecule has 0 aliphatic carbocycles. The van der Waals surface area contributed by atoms with Crippen molar-refractivity contribution in [1.82, 2.24) is 0 Å². The van der Waals surface area contributed by atoms with E-state index in [9.17, 15) is 9.59 Å². The number of carbonyl (C=O) groups is 2. The van der Waals surface area contributed by atoms with Crippen LogP contribution in [0.2, 0.25) is 0 Å². The number of nitrogens with one attached hydrogen (secondary N) is 2. The molecule has 0 heterocycles. The van der Waals surface area contributed by atoms with E-state index in [0.717, 1.165) is 16.8 Å². The number of anilines is 2. The topological polar surface area (TPSA) is 78.4 Å². The van der Waals surface area contributed by atoms with Crippen molar-refractivity contribution < 1.29 is 14.7 Å². The predicted molar refractivity (Wildman–Crippen MR) is 90.6 cm³/mol. The maximum Gasteiger partial charge on any atom is 0.255 e. The lowest BCUT2D eigenvalue weighted by molar-refractivity contribution is -0.123. The number of aliphatic hydroxyl groups is 1. The van der Waals surface area contributed by atoms with E-state index in [1.807, 2.05) is 32.0 Å². The van der Waals surface area contributed by atoms with Gasteiger partial charge in [-0.05, 0) is 62.2 Å². The Morgan fingerprint density at radius 2 is 1.65 bits per heavy atom. The summed E-state index contributed by atoms with van der Waals surface area (Å²) >= 11 is 0. The van der Waals surface area contributed by atoms with Gasteiger partial charge in [0, 0.05) is 16.9 Å². The second-order valence-corrected chi connectivity index (χ2v) is 5.44. The van der Waals surface area contributed by atoms with Gasteiger partial charge in [0.2, 0.25) is 0 Å². The fraction of sp³-hybridized carbons (Fsp3) is 0.222. The van der Waals surface area contributed by atoms with E-state index in [0.29, 0.717) is 11.3 Å². The Hall–Kier alpha value is -2.66. The Bertz CT molecular complexity index is 722. The monoisotopic (exact) mass is 312 g/mol. The van der Waals surface area contributed by atoms with Crippen LogP contribution in [0.15, 0.2) is 42.5 Å². The zero-order valence-corrected chi connectivity index (χ0v) is 13.4. The molecule has 0 saturated heterocycles. The van der Waals surface area contributed by atoms with Gasteiger partial charge in [-0.25, -0.2) is 0 Å². The fourth-order valence-electron chi connectivity index (χ4n) is 2.03. The highest BCUT2D eigenvalue weighted by Gasteiger charge is 2.11. The zero-order valence-electron chi connectivity index (χ0n) is 13.4. The summed E-state index contributed by atoms with van der Waals surface area (Å²) in [4.78, 5) is 23.7. The molecule has 120 valence electrons. The molecule has 0 fully saturated rings. The highest BCUT2D eigenvalue weighted by molar-refractivity contribution is 6.05. The van der Waals surface area contributed by atoms with Gasteiger partial charge in [-0.15, -0.1) is 0 Å². The Balaban J connectivity index is 2.08. The van der Waals surface area contributed by atoms with Gasteiger partial charge in [0.05, 0.1) is 0 Å². The molecule has 2 aromatic rings. The van der Waals surface area contributed by atoms with Crippen LogP contribution < -0.4 is 10.6 Å². The summed E-state index contributed by atoms with van der Waals surface area (Å²) in [5.41, 5.74) is 3.93. The second kappa shape index (κ2) is 7.07. The Labute approximate surface area is 135 Å². The zero-order chi connectivity index (χ0) is 17.0. The molecule has 2 rings (SSSR count). The van der Waals surface area contributed by atoms with Crippen LogP contribution in [0.5, 0.6) is 0 Å². The van der Waals surface area contributed by atoms with E-state index in [1.165, 1.54) is 6.92 Å². The maximum atomic E-state index is 12.3. The van der Waals surface area contributed by atoms with Crippen molar-refractivity contribution in [2.45, 2.75) is 26.9 Å². The fourth-order valence-corrected chi connectivity index (χ4v) is 2.03. The van der Waals surface area contributed by atoms with Gasteiger partial charge < -0.3 is 15.7 Å². The lowest BCUT2D eigenvalue weighted by Crippen LogP contribution is -2.24. The highest BCUT2D eigenvalue weighted by atomic mass is 16.3. The van der Waals surface area contributed by atoms with E-state index in [4.69, 9.17) is 5.11 Å². The molecule has 0 bridgehead atoms. The van der Waals surface area contributed by atoms with Crippen molar-refractivity contribution in [3.8, 4) is 0 Å². The van der Waals surface area contributed by atoms with Crippen molar-refractivity contribution in [3.05, 3.63) is 59.2 Å². The number of aliphatic hydroxyl groups excluding tert-OH is 1. The smallest absolute Gasteiger partial charge is 0.255 e. The van der Waals surface area contributed by atoms with Gasteiger partial charge in [0.15, 0.2) is 0 Å². The molecule has 0 radical (unpaired) electrons. The quantitative estimate of drug-likeness (QED) is 0.812. The molecule has 0 aromatic heterocycles. The van der Waals surface area contributed by atoms with E-state index in [-0.39, 0.29) is 5.91 Å². The van der Waals surface area contributed by atoms with Crippen LogP contribution in [-0.4, -0.2) is 23.0 Å². The van der Waals surface area contributed by atoms with Gasteiger partial charge in [0.25, 0.3) is 11.8 Å². The largest absolute Gasteiger partial charge is 0.384 e. The second-order valence-electron chi connectivity index (χ2n) is 5.44. The minimum atomic E-state index is -1.08. The number of carbonyl (C=O) groups excluding carboxylic acids is 2. The molecule has 5 nitrogen and oxygen atoms in total. The average molecular weight is 312 g/mol. The van der Waals surface area contributed by atoms with Gasteiger partial charge in [-0.2, -0.15) is 0 Å². The summed E-state index contributed by atoms with van der Waals surface area (Å²) in [5.74, 6) is -0.704. The lowest BCUT2D eigenvalue weighted by atomic mass is 10.1. The lowest BCUT2D eigenvalue weighted by Gasteiger charge is -2.11. The van der Waals surface area contributed by atoms with E-state index in [1.54, 1.807) is 24.3 Å². The molecule has 0 spiro atoms. The normalized spacial score (nSPS) is 11.7. The van der Waals surface area contributed by atoms with Gasteiger partial charge in [-0.1, -0.05) is 12.1 Å². The summed E-state index contributed by atoms with van der Waals surface area (Å²) in [7, 11) is 0. The number of aryl methyl sites for hydroxylation is 1. The van der Waals surface area contributed by atoms with Crippen molar-refractivity contribution in [1.29, 1.82) is 0 Å². The van der Waals surface area contributed by atoms with Crippen molar-refractivity contribution in [2.24, 2.45) is 0 Å². The standard InChI is InChI=1S/C18H20N2O3/c1-11-5-4-6-16(12(11)2)20-18(23)14-7-9-15(10-8-14)19-17(22)13(3)21/h4-10,13,21H,1-3H3,(H,19,22)(H,20,23). The Kier molecular flexibility index (Phi) is 5.13. The number of amides is 2. The first-order chi connectivity index (χ1) is 10.9. The van der Waals surface area contributed by atoms with Gasteiger partial charge in [0.1, 0.15) is 6.10 Å². The minimum Gasteiger partial charge on any atom is -0.384 e. The van der Waals surface area contributed by atoms with Crippen LogP contribution >= 0.6 is 0 Å². The van der Waals surface area contributed by atoms with Gasteiger partial charge >= 0.3 is 0 Å². The molecule has 2 aromatic carbocycles. The molecule has 23 heavy (non-hydrogen) atoms. The van der Waals surface area contributed by atoms with Gasteiger partial charge in [-0.3, -0.25) is 9.59 Å². The van der Waals surface area contributed by atoms with Crippen LogP contribution in [0, 0.1) is 13.8 Å². The molecule has 2 amide bonds. The van der Waals surface area contributed by atoms with Crippen molar-refractivity contribution >= 4 is 23.2 Å². The third kappa shape index (κ3) is 4.17. The summed E-state index contributed by atoms with van der Waals surface area (Å²) in [6, 6.07) is 12.2. The van der Waals surface area contributed by atoms with Crippen LogP contribution in [0.1, 0.15) is 28.4 Å². The maximum absolute atomic E-state index is 12.3. The summed E-state index contributed by atoms with van der Waals surface area (Å²) < 4.78 is 0. The molecule has 0 aliphatic rings.